The molecule has 0 atom stereocenters. The third-order valence-electron chi connectivity index (χ3n) is 0.237. The largest absolute Gasteiger partial charge is 0.438 e. The van der Waals surface area contributed by atoms with Gasteiger partial charge in [0.1, 0.15) is 0 Å². The zero-order chi connectivity index (χ0) is 5.54. The lowest BCUT2D eigenvalue weighted by atomic mass is 11.4. The molecular formula is C2H4O5. The van der Waals surface area contributed by atoms with Gasteiger partial charge in [0.15, 0.2) is 0 Å². The SMILES string of the molecule is O=COCOOO. The summed E-state index contributed by atoms with van der Waals surface area (Å²) in [4.78, 5) is 12.9. The molecule has 0 rings (SSSR count). The van der Waals surface area contributed by atoms with E-state index in [0.717, 1.165) is 0 Å². The fourth-order valence-electron chi connectivity index (χ4n) is 0.0771. The van der Waals surface area contributed by atoms with Crippen LogP contribution in [-0.2, 0) is 19.5 Å². The molecule has 7 heavy (non-hydrogen) atoms. The Balaban J connectivity index is 2.56. The van der Waals surface area contributed by atoms with Gasteiger partial charge in [0.25, 0.3) is 6.47 Å². The first-order valence-electron chi connectivity index (χ1n) is 1.40. The molecule has 0 heterocycles. The molecule has 0 saturated carbocycles. The standard InChI is InChI=1S/C2H4O5/c3-1-5-2-6-7-4/h1,4H,2H2. The number of carbonyl (C=O) groups is 1. The Labute approximate surface area is 39.3 Å². The van der Waals surface area contributed by atoms with Crippen LogP contribution in [0.2, 0.25) is 0 Å². The maximum Gasteiger partial charge on any atom is 0.295 e. The molecule has 5 heteroatoms. The van der Waals surface area contributed by atoms with Gasteiger partial charge in [0, 0.05) is 0 Å². The number of rotatable bonds is 4. The third kappa shape index (κ3) is 5.35. The summed E-state index contributed by atoms with van der Waals surface area (Å²) in [7, 11) is 0. The highest BCUT2D eigenvalue weighted by Gasteiger charge is 1.78. The first kappa shape index (κ1) is 6.35. The molecule has 0 aliphatic heterocycles. The highest BCUT2D eigenvalue weighted by Crippen LogP contribution is 1.69. The Morgan fingerprint density at radius 2 is 2.43 bits per heavy atom. The predicted octanol–water partition coefficient (Wildman–Crippen LogP) is -0.462. The second-order valence-corrected chi connectivity index (χ2v) is 0.573. The second kappa shape index (κ2) is 5.35. The van der Waals surface area contributed by atoms with E-state index in [1.165, 1.54) is 0 Å². The molecular weight excluding hydrogens is 104 g/mol. The monoisotopic (exact) mass is 108 g/mol. The quantitative estimate of drug-likeness (QED) is 0.173. The normalized spacial score (nSPS) is 8.14. The molecule has 5 nitrogen and oxygen atoms in total. The minimum Gasteiger partial charge on any atom is -0.438 e. The van der Waals surface area contributed by atoms with E-state index in [-0.39, 0.29) is 6.47 Å². The number of carbonyl (C=O) groups excluding carboxylic acids is 1. The maximum absolute atomic E-state index is 9.24. The Bertz CT molecular complexity index is 43.3. The molecule has 0 aromatic rings. The van der Waals surface area contributed by atoms with E-state index in [0.29, 0.717) is 0 Å². The molecule has 0 saturated heterocycles. The Kier molecular flexibility index (Phi) is 4.85. The molecule has 0 aromatic carbocycles. The lowest BCUT2D eigenvalue weighted by molar-refractivity contribution is -0.504. The fraction of sp³-hybridized carbons (Fsp3) is 0.500. The van der Waals surface area contributed by atoms with Crippen molar-refractivity contribution in [3.63, 3.8) is 0 Å². The van der Waals surface area contributed by atoms with Gasteiger partial charge in [-0.3, -0.25) is 4.79 Å². The maximum atomic E-state index is 9.24. The number of ether oxygens (including phenoxy) is 1. The Hall–Kier alpha value is -0.650. The van der Waals surface area contributed by atoms with Crippen LogP contribution in [0.3, 0.4) is 0 Å². The summed E-state index contributed by atoms with van der Waals surface area (Å²) in [5.74, 6) is 0. The molecule has 0 amide bonds. The van der Waals surface area contributed by atoms with Gasteiger partial charge < -0.3 is 4.74 Å². The molecule has 0 aromatic heterocycles. The van der Waals surface area contributed by atoms with Gasteiger partial charge in [-0.05, 0) is 0 Å². The highest BCUT2D eigenvalue weighted by atomic mass is 17.5. The van der Waals surface area contributed by atoms with Crippen LogP contribution in [0.25, 0.3) is 0 Å². The van der Waals surface area contributed by atoms with Gasteiger partial charge in [-0.2, -0.15) is 4.89 Å². The first-order valence-corrected chi connectivity index (χ1v) is 1.40. The molecule has 0 bridgehead atoms. The first-order chi connectivity index (χ1) is 3.41. The van der Waals surface area contributed by atoms with Crippen molar-refractivity contribution in [2.45, 2.75) is 0 Å². The van der Waals surface area contributed by atoms with Crippen molar-refractivity contribution in [2.75, 3.05) is 6.79 Å². The van der Waals surface area contributed by atoms with Gasteiger partial charge in [0.05, 0.1) is 0 Å². The van der Waals surface area contributed by atoms with E-state index < -0.39 is 6.79 Å². The van der Waals surface area contributed by atoms with Crippen molar-refractivity contribution in [2.24, 2.45) is 0 Å². The lowest BCUT2D eigenvalue weighted by Gasteiger charge is -1.90. The molecule has 42 valence electrons. The van der Waals surface area contributed by atoms with Gasteiger partial charge in [-0.1, -0.05) is 5.04 Å². The summed E-state index contributed by atoms with van der Waals surface area (Å²) in [6.45, 7) is -0.237. The van der Waals surface area contributed by atoms with Crippen molar-refractivity contribution in [3.8, 4) is 0 Å². The van der Waals surface area contributed by atoms with E-state index in [4.69, 9.17) is 5.26 Å². The van der Waals surface area contributed by atoms with E-state index in [1.54, 1.807) is 0 Å². The van der Waals surface area contributed by atoms with E-state index in [9.17, 15) is 4.79 Å². The minimum absolute atomic E-state index is 0.166. The topological polar surface area (TPSA) is 65.0 Å². The smallest absolute Gasteiger partial charge is 0.295 e. The summed E-state index contributed by atoms with van der Waals surface area (Å²) in [6, 6.07) is 0. The number of hydrogen-bond acceptors (Lipinski definition) is 5. The van der Waals surface area contributed by atoms with Crippen molar-refractivity contribution in [1.82, 2.24) is 0 Å². The van der Waals surface area contributed by atoms with Crippen LogP contribution in [0.15, 0.2) is 0 Å². The van der Waals surface area contributed by atoms with Crippen LogP contribution in [0.1, 0.15) is 0 Å². The van der Waals surface area contributed by atoms with Crippen molar-refractivity contribution in [3.05, 3.63) is 0 Å². The average molecular weight is 108 g/mol. The molecule has 0 aliphatic rings. The summed E-state index contributed by atoms with van der Waals surface area (Å²) in [6.07, 6.45) is 0. The van der Waals surface area contributed by atoms with E-state index in [1.807, 2.05) is 0 Å². The van der Waals surface area contributed by atoms with Crippen molar-refractivity contribution < 1.29 is 24.7 Å². The number of hydrogen-bond donors (Lipinski definition) is 1. The fourth-order valence-corrected chi connectivity index (χ4v) is 0.0771. The van der Waals surface area contributed by atoms with Gasteiger partial charge >= 0.3 is 0 Å². The molecule has 0 unspecified atom stereocenters. The third-order valence-corrected chi connectivity index (χ3v) is 0.237. The van der Waals surface area contributed by atoms with Crippen molar-refractivity contribution >= 4 is 6.47 Å². The van der Waals surface area contributed by atoms with Crippen LogP contribution >= 0.6 is 0 Å². The van der Waals surface area contributed by atoms with Crippen LogP contribution in [0.4, 0.5) is 0 Å². The zero-order valence-corrected chi connectivity index (χ0v) is 3.36. The Morgan fingerprint density at radius 3 is 2.86 bits per heavy atom. The molecule has 1 N–H and O–H groups in total. The van der Waals surface area contributed by atoms with Gasteiger partial charge in [-0.25, -0.2) is 5.26 Å². The van der Waals surface area contributed by atoms with Gasteiger partial charge in [-0.15, -0.1) is 0 Å². The van der Waals surface area contributed by atoms with Crippen LogP contribution in [-0.4, -0.2) is 18.5 Å². The van der Waals surface area contributed by atoms with Crippen LogP contribution in [0.5, 0.6) is 0 Å². The zero-order valence-electron chi connectivity index (χ0n) is 3.36. The molecule has 0 aliphatic carbocycles. The molecule has 0 radical (unpaired) electrons. The molecule has 0 fully saturated rings. The highest BCUT2D eigenvalue weighted by molar-refractivity contribution is 5.36. The van der Waals surface area contributed by atoms with Crippen molar-refractivity contribution in [1.29, 1.82) is 0 Å². The predicted molar refractivity (Wildman–Crippen MR) is 16.8 cm³/mol. The minimum atomic E-state index is -0.403. The average Bonchev–Trinajstić information content (AvgIpc) is 1.69. The summed E-state index contributed by atoms with van der Waals surface area (Å²) < 4.78 is 3.89. The summed E-state index contributed by atoms with van der Waals surface area (Å²) >= 11 is 0. The molecule has 0 spiro atoms. The second-order valence-electron chi connectivity index (χ2n) is 0.573. The Morgan fingerprint density at radius 1 is 1.71 bits per heavy atom. The summed E-state index contributed by atoms with van der Waals surface area (Å²) in [5, 5.41) is 10.4. The van der Waals surface area contributed by atoms with Crippen LogP contribution in [0, 0.1) is 0 Å². The van der Waals surface area contributed by atoms with Gasteiger partial charge in [0.2, 0.25) is 6.79 Å². The van der Waals surface area contributed by atoms with Crippen LogP contribution < -0.4 is 0 Å². The lowest BCUT2D eigenvalue weighted by Crippen LogP contribution is -1.96. The van der Waals surface area contributed by atoms with E-state index in [2.05, 4.69) is 14.7 Å². The van der Waals surface area contributed by atoms with E-state index >= 15 is 0 Å². The summed E-state index contributed by atoms with van der Waals surface area (Å²) in [5.41, 5.74) is 0.